The number of halogens is 2. The summed E-state index contributed by atoms with van der Waals surface area (Å²) in [5.74, 6) is 0. The summed E-state index contributed by atoms with van der Waals surface area (Å²) in [6.07, 6.45) is 6.88. The van der Waals surface area contributed by atoms with Crippen LogP contribution in [0.25, 0.3) is 11.0 Å². The van der Waals surface area contributed by atoms with E-state index in [4.69, 9.17) is 23.2 Å². The summed E-state index contributed by atoms with van der Waals surface area (Å²) in [6.45, 7) is 0. The van der Waals surface area contributed by atoms with Crippen molar-refractivity contribution in [3.05, 3.63) is 63.9 Å². The van der Waals surface area contributed by atoms with E-state index < -0.39 is 0 Å². The number of pyridine rings is 1. The van der Waals surface area contributed by atoms with Gasteiger partial charge in [-0.15, -0.1) is 0 Å². The second-order valence-corrected chi connectivity index (χ2v) is 5.72. The first kappa shape index (κ1) is 13.5. The molecule has 20 heavy (non-hydrogen) atoms. The van der Waals surface area contributed by atoms with E-state index in [1.807, 2.05) is 24.4 Å². The highest BCUT2D eigenvalue weighted by molar-refractivity contribution is 6.34. The monoisotopic (exact) mass is 304 g/mol. The number of fused-ring (bicyclic) bond motifs is 1. The quantitative estimate of drug-likeness (QED) is 0.718. The molecule has 2 heterocycles. The van der Waals surface area contributed by atoms with Crippen LogP contribution in [0.15, 0.2) is 42.7 Å². The Balaban J connectivity index is 1.68. The largest absolute Gasteiger partial charge is 0.346 e. The number of hydrogen-bond acceptors (Lipinski definition) is 1. The van der Waals surface area contributed by atoms with E-state index in [1.54, 1.807) is 12.3 Å². The molecular formula is C16H14Cl2N2. The molecule has 0 aliphatic rings. The molecule has 1 aromatic carbocycles. The number of aromatic nitrogens is 2. The second-order valence-electron chi connectivity index (χ2n) is 4.84. The van der Waals surface area contributed by atoms with Gasteiger partial charge in [-0.1, -0.05) is 23.2 Å². The number of nitrogens with one attached hydrogen (secondary N) is 1. The van der Waals surface area contributed by atoms with Gasteiger partial charge in [-0.3, -0.25) is 0 Å². The smallest absolute Gasteiger partial charge is 0.137 e. The molecule has 0 spiro atoms. The van der Waals surface area contributed by atoms with Crippen molar-refractivity contribution in [1.29, 1.82) is 0 Å². The summed E-state index contributed by atoms with van der Waals surface area (Å²) in [4.78, 5) is 7.50. The van der Waals surface area contributed by atoms with E-state index in [1.165, 1.54) is 16.5 Å². The molecule has 0 fully saturated rings. The Bertz CT molecular complexity index is 714. The van der Waals surface area contributed by atoms with E-state index in [0.717, 1.165) is 24.9 Å². The molecule has 0 unspecified atom stereocenters. The van der Waals surface area contributed by atoms with Gasteiger partial charge in [0.2, 0.25) is 0 Å². The zero-order valence-corrected chi connectivity index (χ0v) is 12.4. The first-order valence-corrected chi connectivity index (χ1v) is 7.34. The summed E-state index contributed by atoms with van der Waals surface area (Å²) in [6, 6.07) is 9.78. The van der Waals surface area contributed by atoms with E-state index in [2.05, 4.69) is 16.0 Å². The first-order chi connectivity index (χ1) is 9.72. The van der Waals surface area contributed by atoms with Gasteiger partial charge >= 0.3 is 0 Å². The van der Waals surface area contributed by atoms with Crippen molar-refractivity contribution < 1.29 is 0 Å². The molecule has 0 atom stereocenters. The number of rotatable bonds is 4. The molecule has 4 heteroatoms. The Morgan fingerprint density at radius 1 is 1.05 bits per heavy atom. The molecule has 2 nitrogen and oxygen atoms in total. The number of H-pyrrole nitrogens is 1. The van der Waals surface area contributed by atoms with Crippen LogP contribution in [0, 0.1) is 0 Å². The fourth-order valence-electron chi connectivity index (χ4n) is 2.46. The van der Waals surface area contributed by atoms with Crippen LogP contribution in [0.1, 0.15) is 17.5 Å². The maximum absolute atomic E-state index is 6.01. The number of benzene rings is 1. The lowest BCUT2D eigenvalue weighted by Crippen LogP contribution is -1.90. The van der Waals surface area contributed by atoms with Crippen molar-refractivity contribution in [1.82, 2.24) is 9.97 Å². The number of hydrogen-bond donors (Lipinski definition) is 1. The van der Waals surface area contributed by atoms with Crippen molar-refractivity contribution in [2.24, 2.45) is 0 Å². The molecule has 0 amide bonds. The molecule has 0 radical (unpaired) electrons. The van der Waals surface area contributed by atoms with Crippen LogP contribution in [-0.4, -0.2) is 9.97 Å². The zero-order chi connectivity index (χ0) is 13.9. The van der Waals surface area contributed by atoms with Crippen molar-refractivity contribution >= 4 is 34.2 Å². The lowest BCUT2D eigenvalue weighted by atomic mass is 10.0. The van der Waals surface area contributed by atoms with Gasteiger partial charge in [0.1, 0.15) is 5.65 Å². The third kappa shape index (κ3) is 2.97. The predicted molar refractivity (Wildman–Crippen MR) is 84.6 cm³/mol. The highest BCUT2D eigenvalue weighted by Crippen LogP contribution is 2.22. The third-order valence-electron chi connectivity index (χ3n) is 3.37. The van der Waals surface area contributed by atoms with Gasteiger partial charge in [-0.05, 0) is 60.7 Å². The normalized spacial score (nSPS) is 11.1. The Labute approximate surface area is 127 Å². The lowest BCUT2D eigenvalue weighted by Gasteiger charge is -2.03. The van der Waals surface area contributed by atoms with Crippen LogP contribution in [0.2, 0.25) is 10.0 Å². The average molecular weight is 305 g/mol. The molecular weight excluding hydrogens is 291 g/mol. The van der Waals surface area contributed by atoms with Gasteiger partial charge in [0.15, 0.2) is 0 Å². The summed E-state index contributed by atoms with van der Waals surface area (Å²) in [7, 11) is 0. The third-order valence-corrected chi connectivity index (χ3v) is 3.81. The molecule has 1 N–H and O–H groups in total. The molecule has 3 aromatic rings. The van der Waals surface area contributed by atoms with E-state index >= 15 is 0 Å². The summed E-state index contributed by atoms with van der Waals surface area (Å²) in [5.41, 5.74) is 3.44. The summed E-state index contributed by atoms with van der Waals surface area (Å²) in [5, 5.41) is 2.60. The summed E-state index contributed by atoms with van der Waals surface area (Å²) < 4.78 is 0. The fraction of sp³-hybridized carbons (Fsp3) is 0.188. The SMILES string of the molecule is Clc1cc(Cl)cc(CCCc2c[nH]c3ncccc23)c1. The van der Waals surface area contributed by atoms with Crippen molar-refractivity contribution in [2.75, 3.05) is 0 Å². The molecule has 0 aliphatic carbocycles. The minimum Gasteiger partial charge on any atom is -0.346 e. The first-order valence-electron chi connectivity index (χ1n) is 6.58. The van der Waals surface area contributed by atoms with Gasteiger partial charge in [0.05, 0.1) is 0 Å². The number of aromatic amines is 1. The zero-order valence-electron chi connectivity index (χ0n) is 10.9. The molecule has 0 bridgehead atoms. The van der Waals surface area contributed by atoms with Gasteiger partial charge < -0.3 is 4.98 Å². The second kappa shape index (κ2) is 5.86. The number of aryl methyl sites for hydroxylation is 2. The van der Waals surface area contributed by atoms with Crippen molar-refractivity contribution in [3.8, 4) is 0 Å². The van der Waals surface area contributed by atoms with Crippen LogP contribution in [-0.2, 0) is 12.8 Å². The maximum Gasteiger partial charge on any atom is 0.137 e. The topological polar surface area (TPSA) is 28.7 Å². The highest BCUT2D eigenvalue weighted by Gasteiger charge is 2.04. The molecule has 2 aromatic heterocycles. The Morgan fingerprint density at radius 3 is 2.65 bits per heavy atom. The molecule has 0 aliphatic heterocycles. The standard InChI is InChI=1S/C16H14Cl2N2/c17-13-7-11(8-14(18)9-13)3-1-4-12-10-20-16-15(12)5-2-6-19-16/h2,5-10H,1,3-4H2,(H,19,20). The van der Waals surface area contributed by atoms with E-state index in [9.17, 15) is 0 Å². The average Bonchev–Trinajstić information content (AvgIpc) is 2.81. The number of nitrogens with zero attached hydrogens (tertiary/aromatic N) is 1. The lowest BCUT2D eigenvalue weighted by molar-refractivity contribution is 0.825. The van der Waals surface area contributed by atoms with Crippen molar-refractivity contribution in [2.45, 2.75) is 19.3 Å². The van der Waals surface area contributed by atoms with Crippen LogP contribution in [0.5, 0.6) is 0 Å². The van der Waals surface area contributed by atoms with E-state index in [-0.39, 0.29) is 0 Å². The Morgan fingerprint density at radius 2 is 1.85 bits per heavy atom. The Kier molecular flexibility index (Phi) is 3.95. The van der Waals surface area contributed by atoms with Gasteiger partial charge in [-0.25, -0.2) is 4.98 Å². The van der Waals surface area contributed by atoms with E-state index in [0.29, 0.717) is 10.0 Å². The van der Waals surface area contributed by atoms with Crippen LogP contribution in [0.3, 0.4) is 0 Å². The summed E-state index contributed by atoms with van der Waals surface area (Å²) >= 11 is 12.0. The molecule has 102 valence electrons. The highest BCUT2D eigenvalue weighted by atomic mass is 35.5. The van der Waals surface area contributed by atoms with Crippen molar-refractivity contribution in [3.63, 3.8) is 0 Å². The Hall–Kier alpha value is -1.51. The molecule has 0 saturated carbocycles. The molecule has 3 rings (SSSR count). The minimum absolute atomic E-state index is 0.698. The minimum atomic E-state index is 0.698. The van der Waals surface area contributed by atoms with Gasteiger partial charge in [-0.2, -0.15) is 0 Å². The van der Waals surface area contributed by atoms with Crippen LogP contribution < -0.4 is 0 Å². The maximum atomic E-state index is 6.01. The van der Waals surface area contributed by atoms with Crippen LogP contribution >= 0.6 is 23.2 Å². The van der Waals surface area contributed by atoms with Crippen LogP contribution in [0.4, 0.5) is 0 Å². The molecule has 0 saturated heterocycles. The predicted octanol–water partition coefficient (Wildman–Crippen LogP) is 5.05. The van der Waals surface area contributed by atoms with Gasteiger partial charge in [0.25, 0.3) is 0 Å². The fourth-order valence-corrected chi connectivity index (χ4v) is 3.03. The van der Waals surface area contributed by atoms with Gasteiger partial charge in [0, 0.05) is 27.8 Å².